The number of methoxy groups -OCH3 is 1. The van der Waals surface area contributed by atoms with E-state index in [1.54, 1.807) is 19.2 Å². The predicted molar refractivity (Wildman–Crippen MR) is 125 cm³/mol. The molecule has 0 aromatic heterocycles. The Hall–Kier alpha value is -2.28. The lowest BCUT2D eigenvalue weighted by Gasteiger charge is -2.36. The minimum absolute atomic E-state index is 0.129. The molecule has 164 valence electrons. The first-order valence-electron chi connectivity index (χ1n) is 10.5. The van der Waals surface area contributed by atoms with Crippen molar-refractivity contribution in [1.29, 1.82) is 0 Å². The van der Waals surface area contributed by atoms with Crippen molar-refractivity contribution in [2.45, 2.75) is 31.7 Å². The van der Waals surface area contributed by atoms with Crippen LogP contribution >= 0.6 is 23.2 Å². The summed E-state index contributed by atoms with van der Waals surface area (Å²) in [5.74, 6) is 0.648. The van der Waals surface area contributed by atoms with Crippen LogP contribution in [0.3, 0.4) is 0 Å². The lowest BCUT2D eigenvalue weighted by Crippen LogP contribution is -2.60. The van der Waals surface area contributed by atoms with Gasteiger partial charge in [0.05, 0.1) is 30.9 Å². The fraction of sp³-hybridized carbons (Fsp3) is 0.391. The summed E-state index contributed by atoms with van der Waals surface area (Å²) in [6, 6.07) is 13.0. The molecule has 31 heavy (non-hydrogen) atoms. The summed E-state index contributed by atoms with van der Waals surface area (Å²) >= 11 is 12.6. The van der Waals surface area contributed by atoms with Gasteiger partial charge in [-0.1, -0.05) is 35.3 Å². The number of nitrogens with zero attached hydrogens (tertiary/aromatic N) is 3. The molecule has 1 N–H and O–H groups in total. The lowest BCUT2D eigenvalue weighted by molar-refractivity contribution is -0.947. The Labute approximate surface area is 192 Å². The Kier molecular flexibility index (Phi) is 6.42. The molecule has 1 atom stereocenters. The first-order valence-corrected chi connectivity index (χ1v) is 11.3. The maximum atomic E-state index is 13.2. The zero-order chi connectivity index (χ0) is 22.0. The Morgan fingerprint density at radius 2 is 1.84 bits per heavy atom. The topological polar surface area (TPSA) is 53.9 Å². The number of likely N-dealkylation sites (tertiary alicyclic amines) is 1. The highest BCUT2D eigenvalue weighted by atomic mass is 35.5. The van der Waals surface area contributed by atoms with Crippen molar-refractivity contribution in [2.24, 2.45) is 5.10 Å². The molecule has 4 rings (SSSR count). The summed E-state index contributed by atoms with van der Waals surface area (Å²) in [4.78, 5) is 13.2. The van der Waals surface area contributed by atoms with Gasteiger partial charge in [0.2, 0.25) is 0 Å². The van der Waals surface area contributed by atoms with Crippen LogP contribution in [-0.2, 0) is 4.79 Å². The number of piperidine rings is 1. The van der Waals surface area contributed by atoms with Gasteiger partial charge in [-0.05, 0) is 55.2 Å². The quantitative estimate of drug-likeness (QED) is 0.639. The second kappa shape index (κ2) is 9.07. The zero-order valence-electron chi connectivity index (χ0n) is 17.8. The maximum Gasteiger partial charge on any atom is 0.312 e. The number of anilines is 1. The number of ether oxygens (including phenoxy) is 1. The highest BCUT2D eigenvalue weighted by Gasteiger charge is 2.36. The van der Waals surface area contributed by atoms with Gasteiger partial charge < -0.3 is 4.74 Å². The number of carbonyl (C=O) groups is 1. The average Bonchev–Trinajstić information content (AvgIpc) is 3.19. The van der Waals surface area contributed by atoms with E-state index in [-0.39, 0.29) is 11.9 Å². The van der Waals surface area contributed by atoms with Gasteiger partial charge in [-0.2, -0.15) is 10.5 Å². The number of nitrogens with one attached hydrogen (secondary N) is 1. The van der Waals surface area contributed by atoms with E-state index in [1.807, 2.05) is 35.3 Å². The number of benzene rings is 2. The van der Waals surface area contributed by atoms with Gasteiger partial charge in [-0.3, -0.25) is 9.80 Å². The monoisotopic (exact) mass is 461 g/mol. The normalized spacial score (nSPS) is 20.3. The number of halogens is 2. The number of amides is 1. The first-order chi connectivity index (χ1) is 14.9. The number of rotatable bonds is 5. The number of hydrogen-bond donors (Lipinski definition) is 1. The summed E-state index contributed by atoms with van der Waals surface area (Å²) in [5, 5.41) is 7.59. The highest BCUT2D eigenvalue weighted by Crippen LogP contribution is 2.40. The summed E-state index contributed by atoms with van der Waals surface area (Å²) in [6.45, 7) is 1.88. The second-order valence-corrected chi connectivity index (χ2v) is 9.17. The minimum atomic E-state index is -0.156. The highest BCUT2D eigenvalue weighted by molar-refractivity contribution is 6.40. The first kappa shape index (κ1) is 21.9. The van der Waals surface area contributed by atoms with Crippen molar-refractivity contribution in [3.63, 3.8) is 0 Å². The number of quaternary nitrogens is 1. The van der Waals surface area contributed by atoms with Crippen LogP contribution in [0.4, 0.5) is 5.69 Å². The molecule has 2 heterocycles. The molecule has 2 aliphatic heterocycles. The van der Waals surface area contributed by atoms with Crippen LogP contribution in [0.1, 0.15) is 37.3 Å². The molecule has 0 spiro atoms. The molecule has 1 saturated heterocycles. The molecule has 1 fully saturated rings. The molecule has 2 aliphatic rings. The maximum absolute atomic E-state index is 13.2. The van der Waals surface area contributed by atoms with Crippen LogP contribution in [-0.4, -0.2) is 43.5 Å². The summed E-state index contributed by atoms with van der Waals surface area (Å²) < 4.78 is 5.83. The fourth-order valence-corrected chi connectivity index (χ4v) is 4.75. The van der Waals surface area contributed by atoms with Crippen molar-refractivity contribution in [2.75, 3.05) is 32.3 Å². The van der Waals surface area contributed by atoms with E-state index in [4.69, 9.17) is 33.0 Å². The Balaban J connectivity index is 1.64. The van der Waals surface area contributed by atoms with Gasteiger partial charge in [0, 0.05) is 11.4 Å². The molecule has 0 bridgehead atoms. The third-order valence-electron chi connectivity index (χ3n) is 6.00. The molecule has 1 amide bonds. The molecule has 1 unspecified atom stereocenters. The zero-order valence-corrected chi connectivity index (χ0v) is 19.3. The van der Waals surface area contributed by atoms with E-state index < -0.39 is 0 Å². The van der Waals surface area contributed by atoms with E-state index in [9.17, 15) is 4.79 Å². The Morgan fingerprint density at radius 3 is 2.48 bits per heavy atom. The molecule has 2 aromatic carbocycles. The summed E-state index contributed by atoms with van der Waals surface area (Å²) in [6.07, 6.45) is 3.93. The summed E-state index contributed by atoms with van der Waals surface area (Å²) in [7, 11) is 3.71. The van der Waals surface area contributed by atoms with Gasteiger partial charge >= 0.3 is 5.91 Å². The van der Waals surface area contributed by atoms with Crippen LogP contribution < -0.4 is 15.2 Å². The minimum Gasteiger partial charge on any atom is -0.497 e. The smallest absolute Gasteiger partial charge is 0.312 e. The van der Waals surface area contributed by atoms with Crippen LogP contribution in [0.25, 0.3) is 0 Å². The largest absolute Gasteiger partial charge is 0.497 e. The van der Waals surface area contributed by atoms with Gasteiger partial charge in [0.15, 0.2) is 0 Å². The van der Waals surface area contributed by atoms with Gasteiger partial charge in [0.25, 0.3) is 0 Å². The molecule has 8 heteroatoms. The number of carbonyl (C=O) groups excluding carboxylic acids is 1. The van der Waals surface area contributed by atoms with Crippen LogP contribution in [0.5, 0.6) is 5.75 Å². The fourth-order valence-electron chi connectivity index (χ4n) is 4.25. The molecule has 6 nitrogen and oxygen atoms in total. The van der Waals surface area contributed by atoms with Crippen molar-refractivity contribution in [3.8, 4) is 5.75 Å². The van der Waals surface area contributed by atoms with Crippen LogP contribution in [0, 0.1) is 0 Å². The molecule has 2 aromatic rings. The van der Waals surface area contributed by atoms with E-state index in [0.717, 1.165) is 37.2 Å². The SMILES string of the molecule is COc1ccc(C2CC(C(=O)N[N+]3(C)CCCCC3)=NN2c2ccc(Cl)cc2Cl)cc1. The van der Waals surface area contributed by atoms with Crippen molar-refractivity contribution in [3.05, 3.63) is 58.1 Å². The third kappa shape index (κ3) is 4.81. The van der Waals surface area contributed by atoms with Crippen LogP contribution in [0.15, 0.2) is 47.6 Å². The van der Waals surface area contributed by atoms with Crippen LogP contribution in [0.2, 0.25) is 10.0 Å². The lowest BCUT2D eigenvalue weighted by atomic mass is 10.0. The van der Waals surface area contributed by atoms with Gasteiger partial charge in [0.1, 0.15) is 24.6 Å². The Morgan fingerprint density at radius 1 is 1.13 bits per heavy atom. The van der Waals surface area contributed by atoms with Gasteiger partial charge in [-0.25, -0.2) is 4.59 Å². The van der Waals surface area contributed by atoms with Crippen molar-refractivity contribution in [1.82, 2.24) is 5.43 Å². The summed E-state index contributed by atoms with van der Waals surface area (Å²) in [5.41, 5.74) is 5.43. The standard InChI is InChI=1S/C23H26Cl2N4O2/c1-29(12-4-3-5-13-29)27-23(30)20-15-22(16-6-9-18(31-2)10-7-16)28(26-20)21-11-8-17(24)14-19(21)25/h6-11,14,22H,3-5,12-13,15H2,1-2H3/p+1. The van der Waals surface area contributed by atoms with Crippen molar-refractivity contribution >= 4 is 40.5 Å². The molecular weight excluding hydrogens is 435 g/mol. The van der Waals surface area contributed by atoms with E-state index in [0.29, 0.717) is 32.5 Å². The number of hydrazone groups is 1. The number of hydrogen-bond acceptors (Lipinski definition) is 4. The van der Waals surface area contributed by atoms with Crippen molar-refractivity contribution < 1.29 is 14.1 Å². The van der Waals surface area contributed by atoms with E-state index in [1.165, 1.54) is 6.42 Å². The van der Waals surface area contributed by atoms with Gasteiger partial charge in [-0.15, -0.1) is 0 Å². The average molecular weight is 462 g/mol. The van der Waals surface area contributed by atoms with E-state index in [2.05, 4.69) is 12.5 Å². The molecule has 0 saturated carbocycles. The third-order valence-corrected chi connectivity index (χ3v) is 6.54. The second-order valence-electron chi connectivity index (χ2n) is 8.32. The van der Waals surface area contributed by atoms with E-state index >= 15 is 0 Å². The predicted octanol–water partition coefficient (Wildman–Crippen LogP) is 4.97. The molecular formula is C23H27Cl2N4O2+. The molecule has 0 aliphatic carbocycles. The Bertz CT molecular complexity index is 988. The molecule has 0 radical (unpaired) electrons.